The SMILES string of the molecule is CC.CC.CCC.CCC(C)C.CCO.Cc1ccc(C)c(C)c1. The quantitative estimate of drug-likeness (QED) is 0.546. The molecule has 1 aromatic carbocycles. The summed E-state index contributed by atoms with van der Waals surface area (Å²) in [5.41, 5.74) is 4.11. The molecule has 0 aliphatic heterocycles. The van der Waals surface area contributed by atoms with E-state index in [0.717, 1.165) is 5.92 Å². The summed E-state index contributed by atoms with van der Waals surface area (Å²) in [6.07, 6.45) is 2.56. The molecule has 148 valence electrons. The Hall–Kier alpha value is -0.820. The van der Waals surface area contributed by atoms with Crippen molar-refractivity contribution in [3.05, 3.63) is 34.9 Å². The van der Waals surface area contributed by atoms with Gasteiger partial charge in [-0.15, -0.1) is 0 Å². The lowest BCUT2D eigenvalue weighted by Gasteiger charge is -1.98. The van der Waals surface area contributed by atoms with Crippen LogP contribution in [0.25, 0.3) is 0 Å². The molecule has 1 heteroatoms. The van der Waals surface area contributed by atoms with Crippen molar-refractivity contribution < 1.29 is 5.11 Å². The Kier molecular flexibility index (Phi) is 48.5. The molecule has 0 aliphatic carbocycles. The van der Waals surface area contributed by atoms with Crippen LogP contribution in [-0.4, -0.2) is 11.7 Å². The fourth-order valence-electron chi connectivity index (χ4n) is 0.891. The third kappa shape index (κ3) is 42.9. The molecule has 0 heterocycles. The van der Waals surface area contributed by atoms with Gasteiger partial charge in [-0.25, -0.2) is 0 Å². The Morgan fingerprint density at radius 2 is 1.08 bits per heavy atom. The van der Waals surface area contributed by atoms with E-state index in [0.29, 0.717) is 0 Å². The normalized spacial score (nSPS) is 7.62. The first kappa shape index (κ1) is 34.5. The van der Waals surface area contributed by atoms with Gasteiger partial charge in [0.2, 0.25) is 0 Å². The lowest BCUT2D eigenvalue weighted by Crippen LogP contribution is -1.79. The van der Waals surface area contributed by atoms with Crippen LogP contribution >= 0.6 is 0 Å². The molecule has 1 nitrogen and oxygen atoms in total. The van der Waals surface area contributed by atoms with Gasteiger partial charge in [-0.3, -0.25) is 0 Å². The number of hydrogen-bond acceptors (Lipinski definition) is 1. The van der Waals surface area contributed by atoms with Crippen LogP contribution in [0.3, 0.4) is 0 Å². The number of aryl methyl sites for hydroxylation is 3. The van der Waals surface area contributed by atoms with Crippen molar-refractivity contribution in [3.8, 4) is 0 Å². The highest BCUT2D eigenvalue weighted by Crippen LogP contribution is 2.07. The zero-order chi connectivity index (χ0) is 20.6. The first-order valence-corrected chi connectivity index (χ1v) is 9.95. The largest absolute Gasteiger partial charge is 0.397 e. The molecule has 1 N–H and O–H groups in total. The first-order chi connectivity index (χ1) is 11.3. The van der Waals surface area contributed by atoms with Crippen molar-refractivity contribution in [2.45, 2.75) is 103 Å². The Morgan fingerprint density at radius 1 is 0.792 bits per heavy atom. The molecule has 0 atom stereocenters. The molecule has 0 saturated carbocycles. The molecule has 1 aromatic rings. The van der Waals surface area contributed by atoms with Gasteiger partial charge in [-0.1, -0.05) is 98.9 Å². The molecule has 0 radical (unpaired) electrons. The lowest BCUT2D eigenvalue weighted by atomic mass is 10.1. The molecule has 1 rings (SSSR count). The van der Waals surface area contributed by atoms with Crippen molar-refractivity contribution in [3.63, 3.8) is 0 Å². The van der Waals surface area contributed by atoms with Gasteiger partial charge in [-0.05, 0) is 44.7 Å². The minimum Gasteiger partial charge on any atom is -0.397 e. The maximum atomic E-state index is 7.57. The van der Waals surface area contributed by atoms with Gasteiger partial charge in [0, 0.05) is 6.61 Å². The molecule has 0 unspecified atom stereocenters. The summed E-state index contributed by atoms with van der Waals surface area (Å²) in [5.74, 6) is 0.884. The third-order valence-corrected chi connectivity index (χ3v) is 2.48. The van der Waals surface area contributed by atoms with Gasteiger partial charge in [0.1, 0.15) is 0 Å². The minimum absolute atomic E-state index is 0.250. The van der Waals surface area contributed by atoms with Crippen LogP contribution in [0.4, 0.5) is 0 Å². The van der Waals surface area contributed by atoms with Crippen LogP contribution in [-0.2, 0) is 0 Å². The Labute approximate surface area is 155 Å². The number of benzene rings is 1. The van der Waals surface area contributed by atoms with Crippen LogP contribution in [0, 0.1) is 26.7 Å². The van der Waals surface area contributed by atoms with E-state index in [4.69, 9.17) is 5.11 Å². The van der Waals surface area contributed by atoms with Crippen molar-refractivity contribution >= 4 is 0 Å². The van der Waals surface area contributed by atoms with Gasteiger partial charge in [0.25, 0.3) is 0 Å². The number of aliphatic hydroxyl groups is 1. The third-order valence-electron chi connectivity index (χ3n) is 2.48. The van der Waals surface area contributed by atoms with Crippen molar-refractivity contribution in [2.75, 3.05) is 6.61 Å². The number of hydrogen-bond donors (Lipinski definition) is 1. The van der Waals surface area contributed by atoms with Crippen LogP contribution in [0.5, 0.6) is 0 Å². The molecule has 0 aromatic heterocycles. The van der Waals surface area contributed by atoms with Crippen LogP contribution in [0.15, 0.2) is 18.2 Å². The monoisotopic (exact) mass is 342 g/mol. The summed E-state index contributed by atoms with van der Waals surface area (Å²) < 4.78 is 0. The number of aliphatic hydroxyl groups excluding tert-OH is 1. The maximum absolute atomic E-state index is 7.57. The molecule has 24 heavy (non-hydrogen) atoms. The highest BCUT2D eigenvalue weighted by atomic mass is 16.2. The average molecular weight is 343 g/mol. The van der Waals surface area contributed by atoms with E-state index < -0.39 is 0 Å². The summed E-state index contributed by atoms with van der Waals surface area (Å²) in [5, 5.41) is 7.57. The van der Waals surface area contributed by atoms with Crippen LogP contribution in [0.1, 0.15) is 98.8 Å². The second-order valence-electron chi connectivity index (χ2n) is 5.41. The van der Waals surface area contributed by atoms with E-state index in [9.17, 15) is 0 Å². The first-order valence-electron chi connectivity index (χ1n) is 9.95. The zero-order valence-electron chi connectivity index (χ0n) is 19.4. The van der Waals surface area contributed by atoms with Gasteiger partial charge in [0.05, 0.1) is 0 Å². The van der Waals surface area contributed by atoms with Gasteiger partial charge in [0.15, 0.2) is 0 Å². The van der Waals surface area contributed by atoms with E-state index in [1.54, 1.807) is 6.92 Å². The van der Waals surface area contributed by atoms with Gasteiger partial charge < -0.3 is 5.11 Å². The fourth-order valence-corrected chi connectivity index (χ4v) is 0.891. The molecule has 0 bridgehead atoms. The zero-order valence-corrected chi connectivity index (χ0v) is 19.4. The predicted molar refractivity (Wildman–Crippen MR) is 117 cm³/mol. The van der Waals surface area contributed by atoms with E-state index in [1.165, 1.54) is 29.5 Å². The minimum atomic E-state index is 0.250. The van der Waals surface area contributed by atoms with Crippen molar-refractivity contribution in [1.82, 2.24) is 0 Å². The highest BCUT2D eigenvalue weighted by molar-refractivity contribution is 5.28. The number of rotatable bonds is 1. The van der Waals surface area contributed by atoms with E-state index in [1.807, 2.05) is 27.7 Å². The van der Waals surface area contributed by atoms with E-state index >= 15 is 0 Å². The average Bonchev–Trinajstić information content (AvgIpc) is 2.57. The molecular formula is C23H50O. The van der Waals surface area contributed by atoms with Gasteiger partial charge in [-0.2, -0.15) is 0 Å². The lowest BCUT2D eigenvalue weighted by molar-refractivity contribution is 0.318. The molecule has 0 fully saturated rings. The fraction of sp³-hybridized carbons (Fsp3) is 0.739. The molecule has 0 amide bonds. The molecule has 0 spiro atoms. The Bertz CT molecular complexity index is 288. The summed E-state index contributed by atoms with van der Waals surface area (Å²) in [6, 6.07) is 6.50. The van der Waals surface area contributed by atoms with E-state index in [-0.39, 0.29) is 6.61 Å². The van der Waals surface area contributed by atoms with E-state index in [2.05, 4.69) is 73.6 Å². The van der Waals surface area contributed by atoms with Crippen LogP contribution < -0.4 is 0 Å². The Balaban J connectivity index is -0.0000000692. The van der Waals surface area contributed by atoms with Crippen LogP contribution in [0.2, 0.25) is 0 Å². The molecular weight excluding hydrogens is 292 g/mol. The highest BCUT2D eigenvalue weighted by Gasteiger charge is 1.89. The molecule has 0 saturated heterocycles. The topological polar surface area (TPSA) is 20.2 Å². The summed E-state index contributed by atoms with van der Waals surface area (Å²) in [6.45, 7) is 27.2. The predicted octanol–water partition coefficient (Wildman–Crippen LogP) is 8.13. The summed E-state index contributed by atoms with van der Waals surface area (Å²) in [7, 11) is 0. The standard InChI is InChI=1S/C9H12.C5H12.C3H8.C2H6O.2C2H6/c1-7-4-5-8(2)9(3)6-7;1-4-5(2)3;1-3-2;1-2-3;2*1-2/h4-6H,1-3H3;5H,4H2,1-3H3;3H2,1-2H3;3H,2H2,1H3;2*1-2H3. The second-order valence-corrected chi connectivity index (χ2v) is 5.41. The summed E-state index contributed by atoms with van der Waals surface area (Å²) >= 11 is 0. The van der Waals surface area contributed by atoms with Gasteiger partial charge >= 0.3 is 0 Å². The molecule has 0 aliphatic rings. The second kappa shape index (κ2) is 33.7. The van der Waals surface area contributed by atoms with Crippen molar-refractivity contribution in [1.29, 1.82) is 0 Å². The maximum Gasteiger partial charge on any atom is 0.0402 e. The smallest absolute Gasteiger partial charge is 0.0402 e. The Morgan fingerprint density at radius 3 is 1.25 bits per heavy atom. The van der Waals surface area contributed by atoms with Crippen molar-refractivity contribution in [2.24, 2.45) is 5.92 Å². The summed E-state index contributed by atoms with van der Waals surface area (Å²) in [4.78, 5) is 0.